The van der Waals surface area contributed by atoms with Gasteiger partial charge in [0.05, 0.1) is 13.2 Å². The van der Waals surface area contributed by atoms with E-state index in [0.717, 1.165) is 12.0 Å². The third kappa shape index (κ3) is 3.44. The SMILES string of the molecule is C=CC(=C)CC1(CCO)COC(C)(C)OC1. The van der Waals surface area contributed by atoms with Gasteiger partial charge in [0.25, 0.3) is 0 Å². The molecule has 1 saturated heterocycles. The Balaban J connectivity index is 2.67. The van der Waals surface area contributed by atoms with E-state index in [2.05, 4.69) is 13.2 Å². The summed E-state index contributed by atoms with van der Waals surface area (Å²) in [5.41, 5.74) is 0.801. The molecule has 1 heterocycles. The van der Waals surface area contributed by atoms with Gasteiger partial charge in [0, 0.05) is 12.0 Å². The molecule has 0 bridgehead atoms. The molecule has 0 atom stereocenters. The van der Waals surface area contributed by atoms with Crippen LogP contribution in [-0.2, 0) is 9.47 Å². The maximum atomic E-state index is 9.13. The minimum atomic E-state index is -0.519. The molecule has 1 fully saturated rings. The molecule has 92 valence electrons. The second-order valence-electron chi connectivity index (χ2n) is 4.99. The summed E-state index contributed by atoms with van der Waals surface area (Å²) in [7, 11) is 0. The predicted molar refractivity (Wildman–Crippen MR) is 64.1 cm³/mol. The third-order valence-electron chi connectivity index (χ3n) is 2.98. The Hall–Kier alpha value is -0.640. The lowest BCUT2D eigenvalue weighted by atomic mass is 9.79. The zero-order valence-corrected chi connectivity index (χ0v) is 10.3. The molecule has 0 saturated carbocycles. The normalized spacial score (nSPS) is 22.7. The second-order valence-corrected chi connectivity index (χ2v) is 4.99. The van der Waals surface area contributed by atoms with Gasteiger partial charge in [0.1, 0.15) is 0 Å². The standard InChI is InChI=1S/C13H22O3/c1-5-11(2)8-13(6-7-14)9-15-12(3,4)16-10-13/h5,14H,1-2,6-10H2,3-4H3. The molecule has 1 aliphatic heterocycles. The fourth-order valence-electron chi connectivity index (χ4n) is 1.86. The van der Waals surface area contributed by atoms with E-state index < -0.39 is 5.79 Å². The minimum Gasteiger partial charge on any atom is -0.396 e. The minimum absolute atomic E-state index is 0.136. The van der Waals surface area contributed by atoms with Crippen LogP contribution in [0.5, 0.6) is 0 Å². The van der Waals surface area contributed by atoms with E-state index in [9.17, 15) is 0 Å². The molecule has 1 N–H and O–H groups in total. The maximum Gasteiger partial charge on any atom is 0.162 e. The van der Waals surface area contributed by atoms with Crippen molar-refractivity contribution in [3.05, 3.63) is 24.8 Å². The molecule has 0 radical (unpaired) electrons. The number of hydrogen-bond acceptors (Lipinski definition) is 3. The summed E-state index contributed by atoms with van der Waals surface area (Å²) < 4.78 is 11.3. The fraction of sp³-hybridized carbons (Fsp3) is 0.692. The molecule has 3 nitrogen and oxygen atoms in total. The van der Waals surface area contributed by atoms with E-state index >= 15 is 0 Å². The molecule has 16 heavy (non-hydrogen) atoms. The summed E-state index contributed by atoms with van der Waals surface area (Å²) >= 11 is 0. The van der Waals surface area contributed by atoms with Crippen molar-refractivity contribution in [1.82, 2.24) is 0 Å². The van der Waals surface area contributed by atoms with Crippen LogP contribution in [-0.4, -0.2) is 30.7 Å². The van der Waals surface area contributed by atoms with Gasteiger partial charge in [-0.05, 0) is 26.7 Å². The van der Waals surface area contributed by atoms with E-state index in [0.29, 0.717) is 19.6 Å². The third-order valence-corrected chi connectivity index (χ3v) is 2.98. The average Bonchev–Trinajstić information content (AvgIpc) is 2.23. The van der Waals surface area contributed by atoms with Gasteiger partial charge >= 0.3 is 0 Å². The number of rotatable bonds is 5. The van der Waals surface area contributed by atoms with Crippen molar-refractivity contribution >= 4 is 0 Å². The van der Waals surface area contributed by atoms with E-state index in [4.69, 9.17) is 14.6 Å². The Morgan fingerprint density at radius 1 is 1.38 bits per heavy atom. The van der Waals surface area contributed by atoms with Gasteiger partial charge in [-0.1, -0.05) is 24.8 Å². The van der Waals surface area contributed by atoms with Gasteiger partial charge < -0.3 is 14.6 Å². The van der Waals surface area contributed by atoms with Crippen LogP contribution < -0.4 is 0 Å². The first-order valence-corrected chi connectivity index (χ1v) is 5.62. The van der Waals surface area contributed by atoms with Gasteiger partial charge in [-0.25, -0.2) is 0 Å². The molecule has 0 spiro atoms. The lowest BCUT2D eigenvalue weighted by molar-refractivity contribution is -0.287. The van der Waals surface area contributed by atoms with E-state index in [1.165, 1.54) is 0 Å². The molecule has 0 unspecified atom stereocenters. The molecule has 0 aliphatic carbocycles. The fourth-order valence-corrected chi connectivity index (χ4v) is 1.86. The molecule has 1 rings (SSSR count). The van der Waals surface area contributed by atoms with Crippen molar-refractivity contribution < 1.29 is 14.6 Å². The van der Waals surface area contributed by atoms with Gasteiger partial charge in [0.2, 0.25) is 0 Å². The Morgan fingerprint density at radius 3 is 2.38 bits per heavy atom. The highest BCUT2D eigenvalue weighted by Crippen LogP contribution is 2.37. The van der Waals surface area contributed by atoms with E-state index in [1.807, 2.05) is 13.8 Å². The van der Waals surface area contributed by atoms with Gasteiger partial charge in [-0.3, -0.25) is 0 Å². The highest BCUT2D eigenvalue weighted by Gasteiger charge is 2.39. The monoisotopic (exact) mass is 226 g/mol. The topological polar surface area (TPSA) is 38.7 Å². The van der Waals surface area contributed by atoms with Crippen molar-refractivity contribution in [3.63, 3.8) is 0 Å². The summed E-state index contributed by atoms with van der Waals surface area (Å²) in [6.07, 6.45) is 3.17. The van der Waals surface area contributed by atoms with Gasteiger partial charge in [0.15, 0.2) is 5.79 Å². The lowest BCUT2D eigenvalue weighted by Gasteiger charge is -2.43. The van der Waals surface area contributed by atoms with Crippen LogP contribution >= 0.6 is 0 Å². The zero-order valence-electron chi connectivity index (χ0n) is 10.3. The Bertz CT molecular complexity index is 258. The first kappa shape index (κ1) is 13.4. The van der Waals surface area contributed by atoms with Crippen LogP contribution in [0.3, 0.4) is 0 Å². The van der Waals surface area contributed by atoms with Crippen molar-refractivity contribution in [2.24, 2.45) is 5.41 Å². The number of aliphatic hydroxyl groups excluding tert-OH is 1. The van der Waals surface area contributed by atoms with Crippen molar-refractivity contribution in [2.45, 2.75) is 32.5 Å². The first-order chi connectivity index (χ1) is 7.43. The second kappa shape index (κ2) is 5.13. The largest absolute Gasteiger partial charge is 0.396 e. The highest BCUT2D eigenvalue weighted by atomic mass is 16.7. The summed E-state index contributed by atoms with van der Waals surface area (Å²) in [6, 6.07) is 0. The van der Waals surface area contributed by atoms with Crippen molar-refractivity contribution in [1.29, 1.82) is 0 Å². The molecule has 0 aromatic heterocycles. The van der Waals surface area contributed by atoms with Crippen LogP contribution in [0, 0.1) is 5.41 Å². The Kier molecular flexibility index (Phi) is 4.30. The zero-order chi connectivity index (χ0) is 12.2. The molecule has 0 amide bonds. The van der Waals surface area contributed by atoms with Crippen LogP contribution in [0.4, 0.5) is 0 Å². The number of hydrogen-bond donors (Lipinski definition) is 1. The van der Waals surface area contributed by atoms with Crippen molar-refractivity contribution in [3.8, 4) is 0 Å². The highest BCUT2D eigenvalue weighted by molar-refractivity contribution is 5.14. The number of aliphatic hydroxyl groups is 1. The first-order valence-electron chi connectivity index (χ1n) is 5.62. The maximum absolute atomic E-state index is 9.13. The van der Waals surface area contributed by atoms with Crippen LogP contribution in [0.2, 0.25) is 0 Å². The van der Waals surface area contributed by atoms with E-state index in [1.54, 1.807) is 6.08 Å². The number of allylic oxidation sites excluding steroid dienone is 2. The van der Waals surface area contributed by atoms with Gasteiger partial charge in [-0.15, -0.1) is 0 Å². The summed E-state index contributed by atoms with van der Waals surface area (Å²) in [4.78, 5) is 0. The predicted octanol–water partition coefficient (Wildman–Crippen LogP) is 2.27. The van der Waals surface area contributed by atoms with Crippen LogP contribution in [0.15, 0.2) is 24.8 Å². The molecule has 3 heteroatoms. The van der Waals surface area contributed by atoms with Crippen LogP contribution in [0.25, 0.3) is 0 Å². The molecular weight excluding hydrogens is 204 g/mol. The molecule has 0 aromatic carbocycles. The van der Waals surface area contributed by atoms with Crippen LogP contribution in [0.1, 0.15) is 26.7 Å². The molecule has 1 aliphatic rings. The average molecular weight is 226 g/mol. The lowest BCUT2D eigenvalue weighted by Crippen LogP contribution is -2.47. The smallest absolute Gasteiger partial charge is 0.162 e. The number of ether oxygens (including phenoxy) is 2. The summed E-state index contributed by atoms with van der Waals surface area (Å²) in [5.74, 6) is -0.519. The molecule has 0 aromatic rings. The molecular formula is C13H22O3. The van der Waals surface area contributed by atoms with Gasteiger partial charge in [-0.2, -0.15) is 0 Å². The quantitative estimate of drug-likeness (QED) is 0.731. The Morgan fingerprint density at radius 2 is 1.94 bits per heavy atom. The summed E-state index contributed by atoms with van der Waals surface area (Å²) in [6.45, 7) is 12.7. The Labute approximate surface area is 97.8 Å². The van der Waals surface area contributed by atoms with Crippen molar-refractivity contribution in [2.75, 3.05) is 19.8 Å². The summed E-state index contributed by atoms with van der Waals surface area (Å²) in [5, 5.41) is 9.13. The van der Waals surface area contributed by atoms with E-state index in [-0.39, 0.29) is 12.0 Å².